The molecule has 2 aliphatic heterocycles. The molecule has 0 radical (unpaired) electrons. The van der Waals surface area contributed by atoms with Crippen LogP contribution in [-0.2, 0) is 14.3 Å². The second kappa shape index (κ2) is 5.55. The number of amides is 1. The Kier molecular flexibility index (Phi) is 4.25. The molecule has 0 saturated carbocycles. The molecular weight excluding hydrogens is 232 g/mol. The van der Waals surface area contributed by atoms with E-state index in [0.29, 0.717) is 26.3 Å². The minimum absolute atomic E-state index is 0.0104. The molecule has 0 aromatic rings. The normalized spacial score (nSPS) is 41.1. The summed E-state index contributed by atoms with van der Waals surface area (Å²) in [6.45, 7) is 8.37. The first-order valence-corrected chi connectivity index (χ1v) is 6.80. The lowest BCUT2D eigenvalue weighted by Gasteiger charge is -2.37. The average Bonchev–Trinajstić information content (AvgIpc) is 2.62. The van der Waals surface area contributed by atoms with Gasteiger partial charge in [-0.1, -0.05) is 6.92 Å². The van der Waals surface area contributed by atoms with Gasteiger partial charge in [-0.2, -0.15) is 0 Å². The van der Waals surface area contributed by atoms with Crippen molar-refractivity contribution in [2.45, 2.75) is 39.0 Å². The number of ether oxygens (including phenoxy) is 2. The lowest BCUT2D eigenvalue weighted by Crippen LogP contribution is -2.55. The highest BCUT2D eigenvalue weighted by Gasteiger charge is 2.44. The van der Waals surface area contributed by atoms with Crippen LogP contribution in [0.1, 0.15) is 20.8 Å². The Morgan fingerprint density at radius 2 is 2.06 bits per heavy atom. The van der Waals surface area contributed by atoms with Crippen molar-refractivity contribution in [2.24, 2.45) is 17.6 Å². The van der Waals surface area contributed by atoms with E-state index in [4.69, 9.17) is 15.2 Å². The Labute approximate surface area is 109 Å². The number of carbonyl (C=O) groups excluding carboxylic acids is 1. The number of hydrogen-bond donors (Lipinski definition) is 1. The van der Waals surface area contributed by atoms with Crippen LogP contribution in [0.4, 0.5) is 0 Å². The second-order valence-electron chi connectivity index (χ2n) is 5.43. The highest BCUT2D eigenvalue weighted by atomic mass is 16.5. The lowest BCUT2D eigenvalue weighted by atomic mass is 9.88. The Morgan fingerprint density at radius 1 is 1.33 bits per heavy atom. The van der Waals surface area contributed by atoms with Crippen molar-refractivity contribution in [2.75, 3.05) is 26.3 Å². The SMILES string of the molecule is CC1OC(C)C(C(=O)N2CCOCC2CN)C1C. The van der Waals surface area contributed by atoms with E-state index in [1.165, 1.54) is 0 Å². The quantitative estimate of drug-likeness (QED) is 0.768. The molecule has 2 saturated heterocycles. The summed E-state index contributed by atoms with van der Waals surface area (Å²) in [5.74, 6) is 0.388. The summed E-state index contributed by atoms with van der Waals surface area (Å²) in [6, 6.07) is 0.0153. The zero-order valence-electron chi connectivity index (χ0n) is 11.5. The highest BCUT2D eigenvalue weighted by Crippen LogP contribution is 2.34. The van der Waals surface area contributed by atoms with Gasteiger partial charge < -0.3 is 20.1 Å². The van der Waals surface area contributed by atoms with E-state index in [1.54, 1.807) is 0 Å². The van der Waals surface area contributed by atoms with Crippen LogP contribution in [0, 0.1) is 11.8 Å². The average molecular weight is 256 g/mol. The molecule has 2 aliphatic rings. The van der Waals surface area contributed by atoms with Crippen molar-refractivity contribution in [1.29, 1.82) is 0 Å². The van der Waals surface area contributed by atoms with Crippen LogP contribution in [0.25, 0.3) is 0 Å². The number of nitrogens with zero attached hydrogens (tertiary/aromatic N) is 1. The van der Waals surface area contributed by atoms with Crippen molar-refractivity contribution < 1.29 is 14.3 Å². The van der Waals surface area contributed by atoms with E-state index < -0.39 is 0 Å². The van der Waals surface area contributed by atoms with Crippen molar-refractivity contribution in [3.63, 3.8) is 0 Å². The molecule has 2 N–H and O–H groups in total. The highest BCUT2D eigenvalue weighted by molar-refractivity contribution is 5.80. The molecule has 0 spiro atoms. The molecule has 1 amide bonds. The number of rotatable bonds is 2. The smallest absolute Gasteiger partial charge is 0.229 e. The minimum atomic E-state index is -0.0489. The van der Waals surface area contributed by atoms with Crippen LogP contribution in [0.3, 0.4) is 0 Å². The summed E-state index contributed by atoms with van der Waals surface area (Å²) >= 11 is 0. The molecule has 18 heavy (non-hydrogen) atoms. The third kappa shape index (κ3) is 2.39. The minimum Gasteiger partial charge on any atom is -0.377 e. The largest absolute Gasteiger partial charge is 0.377 e. The zero-order chi connectivity index (χ0) is 13.3. The Bertz CT molecular complexity index is 311. The Balaban J connectivity index is 2.10. The number of morpholine rings is 1. The Hall–Kier alpha value is -0.650. The van der Waals surface area contributed by atoms with Crippen LogP contribution in [0.5, 0.6) is 0 Å². The lowest BCUT2D eigenvalue weighted by molar-refractivity contribution is -0.146. The van der Waals surface area contributed by atoms with Crippen LogP contribution < -0.4 is 5.73 Å². The molecule has 0 bridgehead atoms. The summed E-state index contributed by atoms with van der Waals surface area (Å²) in [4.78, 5) is 14.6. The van der Waals surface area contributed by atoms with Crippen LogP contribution in [-0.4, -0.2) is 55.4 Å². The number of nitrogens with two attached hydrogens (primary N) is 1. The van der Waals surface area contributed by atoms with Crippen molar-refractivity contribution in [3.05, 3.63) is 0 Å². The predicted molar refractivity (Wildman–Crippen MR) is 68.0 cm³/mol. The maximum Gasteiger partial charge on any atom is 0.229 e. The molecule has 5 atom stereocenters. The van der Waals surface area contributed by atoms with E-state index in [9.17, 15) is 4.79 Å². The number of hydrogen-bond acceptors (Lipinski definition) is 4. The standard InChI is InChI=1S/C13H24N2O3/c1-8-9(2)18-10(3)12(8)13(16)15-4-5-17-7-11(15)6-14/h8-12H,4-7,14H2,1-3H3. The number of carbonyl (C=O) groups is 1. The van der Waals surface area contributed by atoms with Gasteiger partial charge in [0.1, 0.15) is 0 Å². The van der Waals surface area contributed by atoms with Crippen LogP contribution in [0.15, 0.2) is 0 Å². The van der Waals surface area contributed by atoms with Gasteiger partial charge in [-0.3, -0.25) is 4.79 Å². The summed E-state index contributed by atoms with van der Waals surface area (Å²) in [5, 5.41) is 0. The van der Waals surface area contributed by atoms with Crippen molar-refractivity contribution in [3.8, 4) is 0 Å². The maximum atomic E-state index is 12.7. The fourth-order valence-corrected chi connectivity index (χ4v) is 3.02. The van der Waals surface area contributed by atoms with Gasteiger partial charge in [0.25, 0.3) is 0 Å². The summed E-state index contributed by atoms with van der Waals surface area (Å²) in [5.41, 5.74) is 5.72. The monoisotopic (exact) mass is 256 g/mol. The van der Waals surface area contributed by atoms with E-state index in [0.717, 1.165) is 0 Å². The second-order valence-corrected chi connectivity index (χ2v) is 5.43. The van der Waals surface area contributed by atoms with Gasteiger partial charge in [0.2, 0.25) is 5.91 Å². The zero-order valence-corrected chi connectivity index (χ0v) is 11.5. The first-order chi connectivity index (χ1) is 8.56. The fraction of sp³-hybridized carbons (Fsp3) is 0.923. The van der Waals surface area contributed by atoms with Crippen LogP contribution in [0.2, 0.25) is 0 Å². The molecule has 0 aliphatic carbocycles. The summed E-state index contributed by atoms with van der Waals surface area (Å²) in [7, 11) is 0. The topological polar surface area (TPSA) is 64.8 Å². The molecule has 0 aromatic carbocycles. The van der Waals surface area contributed by atoms with Gasteiger partial charge in [-0.15, -0.1) is 0 Å². The van der Waals surface area contributed by atoms with E-state index >= 15 is 0 Å². The Morgan fingerprint density at radius 3 is 2.61 bits per heavy atom. The van der Waals surface area contributed by atoms with Gasteiger partial charge in [0.15, 0.2) is 0 Å². The fourth-order valence-electron chi connectivity index (χ4n) is 3.02. The molecule has 5 heteroatoms. The van der Waals surface area contributed by atoms with Crippen molar-refractivity contribution >= 4 is 5.91 Å². The van der Waals surface area contributed by atoms with E-state index in [1.807, 2.05) is 18.7 Å². The van der Waals surface area contributed by atoms with Gasteiger partial charge in [0, 0.05) is 13.1 Å². The van der Waals surface area contributed by atoms with Gasteiger partial charge >= 0.3 is 0 Å². The van der Waals surface area contributed by atoms with E-state index in [-0.39, 0.29) is 36.0 Å². The molecule has 2 heterocycles. The first-order valence-electron chi connectivity index (χ1n) is 6.80. The van der Waals surface area contributed by atoms with E-state index in [2.05, 4.69) is 6.92 Å². The van der Waals surface area contributed by atoms with Gasteiger partial charge in [-0.05, 0) is 19.8 Å². The molecule has 2 fully saturated rings. The van der Waals surface area contributed by atoms with Crippen molar-refractivity contribution in [1.82, 2.24) is 4.90 Å². The third-order valence-electron chi connectivity index (χ3n) is 4.31. The van der Waals surface area contributed by atoms with Gasteiger partial charge in [-0.25, -0.2) is 0 Å². The molecule has 5 nitrogen and oxygen atoms in total. The van der Waals surface area contributed by atoms with Gasteiger partial charge in [0.05, 0.1) is 37.4 Å². The molecule has 0 aromatic heterocycles. The molecule has 104 valence electrons. The molecular formula is C13H24N2O3. The summed E-state index contributed by atoms with van der Waals surface area (Å²) < 4.78 is 11.1. The molecule has 2 rings (SSSR count). The van der Waals surface area contributed by atoms with Crippen LogP contribution >= 0.6 is 0 Å². The maximum absolute atomic E-state index is 12.7. The molecule has 5 unspecified atom stereocenters. The predicted octanol–water partition coefficient (Wildman–Crippen LogP) is 0.232. The first kappa shape index (κ1) is 13.8. The summed E-state index contributed by atoms with van der Waals surface area (Å²) in [6.07, 6.45) is 0.134. The third-order valence-corrected chi connectivity index (χ3v) is 4.31.